The molecule has 0 bridgehead atoms. The second kappa shape index (κ2) is 7.40. The van der Waals surface area contributed by atoms with E-state index in [0.29, 0.717) is 19.0 Å². The predicted octanol–water partition coefficient (Wildman–Crippen LogP) is 0.945. The van der Waals surface area contributed by atoms with E-state index >= 15 is 0 Å². The summed E-state index contributed by atoms with van der Waals surface area (Å²) in [5, 5.41) is 3.32. The molecule has 1 saturated heterocycles. The van der Waals surface area contributed by atoms with E-state index in [0.717, 1.165) is 25.9 Å². The Labute approximate surface area is 127 Å². The fraction of sp³-hybridized carbons (Fsp3) is 0.750. The summed E-state index contributed by atoms with van der Waals surface area (Å²) in [6.07, 6.45) is 5.00. The number of halogens is 1. The van der Waals surface area contributed by atoms with Crippen LogP contribution in [0.1, 0.15) is 19.8 Å². The van der Waals surface area contributed by atoms with E-state index in [1.54, 1.807) is 21.4 Å². The molecule has 0 saturated carbocycles. The number of rotatable bonds is 5. The highest BCUT2D eigenvalue weighted by molar-refractivity contribution is 7.89. The second-order valence-electron chi connectivity index (χ2n) is 4.95. The Morgan fingerprint density at radius 3 is 2.55 bits per heavy atom. The first-order valence-electron chi connectivity index (χ1n) is 6.74. The maximum atomic E-state index is 12.4. The molecule has 20 heavy (non-hydrogen) atoms. The molecule has 8 heteroatoms. The fourth-order valence-corrected chi connectivity index (χ4v) is 3.83. The third kappa shape index (κ3) is 3.72. The Hall–Kier alpha value is -0.630. The van der Waals surface area contributed by atoms with Crippen LogP contribution in [0.25, 0.3) is 0 Å². The van der Waals surface area contributed by atoms with Gasteiger partial charge in [-0.15, -0.1) is 12.4 Å². The monoisotopic (exact) mass is 322 g/mol. The van der Waals surface area contributed by atoms with Crippen molar-refractivity contribution in [2.45, 2.75) is 31.3 Å². The van der Waals surface area contributed by atoms with E-state index in [2.05, 4.69) is 10.3 Å². The number of aryl methyl sites for hydroxylation is 1. The van der Waals surface area contributed by atoms with Crippen LogP contribution in [0.15, 0.2) is 17.6 Å². The molecule has 1 aromatic rings. The van der Waals surface area contributed by atoms with Crippen LogP contribution in [0.3, 0.4) is 0 Å². The van der Waals surface area contributed by atoms with Crippen LogP contribution in [0, 0.1) is 5.92 Å². The summed E-state index contributed by atoms with van der Waals surface area (Å²) in [6, 6.07) is 0. The van der Waals surface area contributed by atoms with Crippen molar-refractivity contribution in [1.29, 1.82) is 0 Å². The van der Waals surface area contributed by atoms with Gasteiger partial charge in [0.05, 0.1) is 6.33 Å². The fourth-order valence-electron chi connectivity index (χ4n) is 2.42. The Kier molecular flexibility index (Phi) is 6.44. The van der Waals surface area contributed by atoms with Crippen molar-refractivity contribution in [2.24, 2.45) is 5.92 Å². The standard InChI is InChI=1S/C12H22N4O2S.ClH/c1-3-15-9-12(14-10-15)19(17,18)16-6-4-11(5-7-16)8-13-2;/h9-11,13H,3-8H2,1-2H3;1H. The molecule has 1 fully saturated rings. The Bertz CT molecular complexity index is 509. The Morgan fingerprint density at radius 2 is 2.05 bits per heavy atom. The minimum atomic E-state index is -3.41. The Balaban J connectivity index is 0.00000200. The van der Waals surface area contributed by atoms with Gasteiger partial charge < -0.3 is 9.88 Å². The number of sulfonamides is 1. The first-order chi connectivity index (χ1) is 9.07. The van der Waals surface area contributed by atoms with E-state index in [4.69, 9.17) is 0 Å². The number of piperidine rings is 1. The summed E-state index contributed by atoms with van der Waals surface area (Å²) in [5.41, 5.74) is 0. The molecule has 0 amide bonds. The molecule has 6 nitrogen and oxygen atoms in total. The molecule has 2 rings (SSSR count). The van der Waals surface area contributed by atoms with Crippen LogP contribution in [0.4, 0.5) is 0 Å². The van der Waals surface area contributed by atoms with Crippen molar-refractivity contribution in [1.82, 2.24) is 19.2 Å². The molecule has 0 atom stereocenters. The summed E-state index contributed by atoms with van der Waals surface area (Å²) >= 11 is 0. The maximum absolute atomic E-state index is 12.4. The average molecular weight is 323 g/mol. The highest BCUT2D eigenvalue weighted by atomic mass is 35.5. The van der Waals surface area contributed by atoms with Gasteiger partial charge in [-0.25, -0.2) is 13.4 Å². The number of nitrogens with one attached hydrogen (secondary N) is 1. The van der Waals surface area contributed by atoms with Crippen LogP contribution < -0.4 is 5.32 Å². The lowest BCUT2D eigenvalue weighted by atomic mass is 9.98. The summed E-state index contributed by atoms with van der Waals surface area (Å²) in [5.74, 6) is 0.574. The molecule has 0 aromatic carbocycles. The van der Waals surface area contributed by atoms with Gasteiger partial charge in [-0.05, 0) is 39.3 Å². The number of hydrogen-bond donors (Lipinski definition) is 1. The summed E-state index contributed by atoms with van der Waals surface area (Å²) in [6.45, 7) is 4.83. The van der Waals surface area contributed by atoms with E-state index < -0.39 is 10.0 Å². The smallest absolute Gasteiger partial charge is 0.262 e. The van der Waals surface area contributed by atoms with E-state index in [1.165, 1.54) is 0 Å². The van der Waals surface area contributed by atoms with Gasteiger partial charge in [-0.2, -0.15) is 4.31 Å². The predicted molar refractivity (Wildman–Crippen MR) is 80.6 cm³/mol. The molecule has 0 radical (unpaired) electrons. The van der Waals surface area contributed by atoms with Crippen LogP contribution in [0.2, 0.25) is 0 Å². The normalized spacial score (nSPS) is 17.9. The number of nitrogens with zero attached hydrogens (tertiary/aromatic N) is 3. The topological polar surface area (TPSA) is 67.2 Å². The molecule has 0 spiro atoms. The number of imidazole rings is 1. The highest BCUT2D eigenvalue weighted by Crippen LogP contribution is 2.22. The Morgan fingerprint density at radius 1 is 1.40 bits per heavy atom. The molecule has 1 aliphatic rings. The van der Waals surface area contributed by atoms with Gasteiger partial charge in [0.15, 0.2) is 5.03 Å². The zero-order chi connectivity index (χ0) is 13.9. The van der Waals surface area contributed by atoms with Crippen molar-refractivity contribution in [3.8, 4) is 0 Å². The molecular formula is C12H23ClN4O2S. The first kappa shape index (κ1) is 17.4. The summed E-state index contributed by atoms with van der Waals surface area (Å²) in [4.78, 5) is 4.01. The lowest BCUT2D eigenvalue weighted by molar-refractivity contribution is 0.270. The van der Waals surface area contributed by atoms with E-state index in [9.17, 15) is 8.42 Å². The average Bonchev–Trinajstić information content (AvgIpc) is 2.89. The van der Waals surface area contributed by atoms with Crippen LogP contribution >= 0.6 is 12.4 Å². The van der Waals surface area contributed by atoms with E-state index in [1.807, 2.05) is 14.0 Å². The van der Waals surface area contributed by atoms with Crippen LogP contribution in [0.5, 0.6) is 0 Å². The number of hydrogen-bond acceptors (Lipinski definition) is 4. The molecular weight excluding hydrogens is 300 g/mol. The van der Waals surface area contributed by atoms with Crippen molar-refractivity contribution >= 4 is 22.4 Å². The molecule has 1 aliphatic heterocycles. The molecule has 1 N–H and O–H groups in total. The lowest BCUT2D eigenvalue weighted by Gasteiger charge is -2.30. The van der Waals surface area contributed by atoms with Crippen LogP contribution in [-0.4, -0.2) is 49.0 Å². The van der Waals surface area contributed by atoms with Gasteiger partial charge in [0, 0.05) is 25.8 Å². The van der Waals surface area contributed by atoms with Crippen LogP contribution in [-0.2, 0) is 16.6 Å². The second-order valence-corrected chi connectivity index (χ2v) is 6.83. The summed E-state index contributed by atoms with van der Waals surface area (Å²) < 4.78 is 28.2. The maximum Gasteiger partial charge on any atom is 0.262 e. The van der Waals surface area contributed by atoms with Gasteiger partial charge in [-0.3, -0.25) is 0 Å². The quantitative estimate of drug-likeness (QED) is 0.876. The first-order valence-corrected chi connectivity index (χ1v) is 8.18. The SMILES string of the molecule is CCn1cnc(S(=O)(=O)N2CCC(CNC)CC2)c1.Cl. The van der Waals surface area contributed by atoms with Crippen molar-refractivity contribution in [2.75, 3.05) is 26.7 Å². The number of aromatic nitrogens is 2. The minimum Gasteiger partial charge on any atom is -0.336 e. The zero-order valence-electron chi connectivity index (χ0n) is 11.9. The molecule has 1 aromatic heterocycles. The van der Waals surface area contributed by atoms with Gasteiger partial charge in [0.1, 0.15) is 0 Å². The van der Waals surface area contributed by atoms with Gasteiger partial charge >= 0.3 is 0 Å². The van der Waals surface area contributed by atoms with Crippen molar-refractivity contribution in [3.63, 3.8) is 0 Å². The molecule has 0 unspecified atom stereocenters. The van der Waals surface area contributed by atoms with Gasteiger partial charge in [0.2, 0.25) is 0 Å². The third-order valence-corrected chi connectivity index (χ3v) is 5.43. The summed E-state index contributed by atoms with van der Waals surface area (Å²) in [7, 11) is -1.48. The third-order valence-electron chi connectivity index (χ3n) is 3.65. The molecule has 0 aliphatic carbocycles. The molecule has 116 valence electrons. The lowest BCUT2D eigenvalue weighted by Crippen LogP contribution is -2.40. The minimum absolute atomic E-state index is 0. The van der Waals surface area contributed by atoms with E-state index in [-0.39, 0.29) is 17.4 Å². The highest BCUT2D eigenvalue weighted by Gasteiger charge is 2.30. The van der Waals surface area contributed by atoms with Gasteiger partial charge in [0.25, 0.3) is 10.0 Å². The largest absolute Gasteiger partial charge is 0.336 e. The van der Waals surface area contributed by atoms with Crippen molar-refractivity contribution < 1.29 is 8.42 Å². The molecule has 2 heterocycles. The zero-order valence-corrected chi connectivity index (χ0v) is 13.6. The van der Waals surface area contributed by atoms with Crippen molar-refractivity contribution in [3.05, 3.63) is 12.5 Å². The van der Waals surface area contributed by atoms with Gasteiger partial charge in [-0.1, -0.05) is 0 Å².